The average Bonchev–Trinajstić information content (AvgIpc) is 2.30. The van der Waals surface area contributed by atoms with Crippen LogP contribution in [0.1, 0.15) is 18.4 Å². The third kappa shape index (κ3) is 5.08. The molecule has 0 bridgehead atoms. The summed E-state index contributed by atoms with van der Waals surface area (Å²) in [6.45, 7) is 1.82. The first-order chi connectivity index (χ1) is 9.21. The lowest BCUT2D eigenvalue weighted by atomic mass is 10.2. The number of hydrogen-bond acceptors (Lipinski definition) is 4. The van der Waals surface area contributed by atoms with E-state index in [0.29, 0.717) is 5.69 Å². The second kappa shape index (κ2) is 6.60. The fourth-order valence-electron chi connectivity index (χ4n) is 1.67. The number of anilines is 2. The Hall–Kier alpha value is -1.76. The number of nitrogens with zero attached hydrogens (tertiary/aromatic N) is 1. The first-order valence-corrected chi connectivity index (χ1v) is 7.87. The predicted molar refractivity (Wildman–Crippen MR) is 79.8 cm³/mol. The molecule has 2 N–H and O–H groups in total. The van der Waals surface area contributed by atoms with Gasteiger partial charge in [-0.25, -0.2) is 8.42 Å². The quantitative estimate of drug-likeness (QED) is 0.800. The minimum absolute atomic E-state index is 0.0967. The number of benzene rings is 1. The minimum Gasteiger partial charge on any atom is -0.481 e. The standard InChI is InChI=1S/C13H20N2O4S/c1-10-9-11(15(2)3)6-7-12(10)14-20(18,19)8-4-5-13(16)17/h6-7,9,14H,4-5,8H2,1-3H3,(H,16,17). The van der Waals surface area contributed by atoms with E-state index >= 15 is 0 Å². The fraction of sp³-hybridized carbons (Fsp3) is 0.462. The Kier molecular flexibility index (Phi) is 5.38. The molecule has 1 aromatic rings. The van der Waals surface area contributed by atoms with Crippen molar-refractivity contribution in [2.45, 2.75) is 19.8 Å². The molecule has 6 nitrogen and oxygen atoms in total. The Bertz CT molecular complexity index is 582. The van der Waals surface area contributed by atoms with Gasteiger partial charge in [-0.3, -0.25) is 9.52 Å². The maximum atomic E-state index is 11.8. The molecule has 0 aliphatic carbocycles. The molecule has 0 spiro atoms. The van der Waals surface area contributed by atoms with E-state index in [4.69, 9.17) is 5.11 Å². The van der Waals surface area contributed by atoms with E-state index in [2.05, 4.69) is 4.72 Å². The first-order valence-electron chi connectivity index (χ1n) is 6.21. The summed E-state index contributed by atoms with van der Waals surface area (Å²) in [5.74, 6) is -1.19. The summed E-state index contributed by atoms with van der Waals surface area (Å²) < 4.78 is 26.2. The second-order valence-corrected chi connectivity index (χ2v) is 6.65. The number of aliphatic carboxylic acids is 1. The normalized spacial score (nSPS) is 11.2. The summed E-state index contributed by atoms with van der Waals surface area (Å²) in [7, 11) is 0.302. The Morgan fingerprint density at radius 2 is 2.00 bits per heavy atom. The molecule has 0 saturated carbocycles. The topological polar surface area (TPSA) is 86.7 Å². The third-order valence-electron chi connectivity index (χ3n) is 2.80. The number of carbonyl (C=O) groups is 1. The van der Waals surface area contributed by atoms with Crippen LogP contribution in [-0.2, 0) is 14.8 Å². The third-order valence-corrected chi connectivity index (χ3v) is 4.15. The molecule has 0 atom stereocenters. The van der Waals surface area contributed by atoms with Crippen molar-refractivity contribution in [3.8, 4) is 0 Å². The largest absolute Gasteiger partial charge is 0.481 e. The molecule has 0 fully saturated rings. The van der Waals surface area contributed by atoms with Crippen molar-refractivity contribution in [2.24, 2.45) is 0 Å². The van der Waals surface area contributed by atoms with Gasteiger partial charge in [0.2, 0.25) is 10.0 Å². The number of sulfonamides is 1. The lowest BCUT2D eigenvalue weighted by Crippen LogP contribution is -2.18. The number of carboxylic acids is 1. The molecule has 7 heteroatoms. The van der Waals surface area contributed by atoms with Gasteiger partial charge in [0, 0.05) is 26.2 Å². The van der Waals surface area contributed by atoms with Crippen LogP contribution in [0, 0.1) is 6.92 Å². The van der Waals surface area contributed by atoms with Crippen molar-refractivity contribution < 1.29 is 18.3 Å². The highest BCUT2D eigenvalue weighted by Gasteiger charge is 2.13. The van der Waals surface area contributed by atoms with Gasteiger partial charge in [0.05, 0.1) is 11.4 Å². The van der Waals surface area contributed by atoms with E-state index in [1.165, 1.54) is 0 Å². The molecule has 0 saturated heterocycles. The molecule has 1 aromatic carbocycles. The summed E-state index contributed by atoms with van der Waals surface area (Å²) in [4.78, 5) is 12.3. The molecule has 0 unspecified atom stereocenters. The van der Waals surface area contributed by atoms with Gasteiger partial charge in [-0.1, -0.05) is 0 Å². The smallest absolute Gasteiger partial charge is 0.303 e. The van der Waals surface area contributed by atoms with Crippen LogP contribution < -0.4 is 9.62 Å². The number of hydrogen-bond donors (Lipinski definition) is 2. The van der Waals surface area contributed by atoms with Gasteiger partial charge in [-0.05, 0) is 37.1 Å². The summed E-state index contributed by atoms with van der Waals surface area (Å²) in [6.07, 6.45) is -0.0566. The van der Waals surface area contributed by atoms with E-state index in [0.717, 1.165) is 11.3 Å². The molecule has 0 amide bonds. The van der Waals surface area contributed by atoms with E-state index in [9.17, 15) is 13.2 Å². The summed E-state index contributed by atoms with van der Waals surface area (Å²) in [6, 6.07) is 5.41. The Morgan fingerprint density at radius 3 is 2.50 bits per heavy atom. The average molecular weight is 300 g/mol. The molecule has 1 rings (SSSR count). The zero-order valence-electron chi connectivity index (χ0n) is 11.9. The van der Waals surface area contributed by atoms with Crippen LogP contribution in [0.5, 0.6) is 0 Å². The van der Waals surface area contributed by atoms with Crippen LogP contribution in [0.15, 0.2) is 18.2 Å². The van der Waals surface area contributed by atoms with Crippen LogP contribution >= 0.6 is 0 Å². The Balaban J connectivity index is 2.74. The highest BCUT2D eigenvalue weighted by atomic mass is 32.2. The van der Waals surface area contributed by atoms with E-state index in [1.807, 2.05) is 38.1 Å². The van der Waals surface area contributed by atoms with Crippen LogP contribution in [0.4, 0.5) is 11.4 Å². The van der Waals surface area contributed by atoms with Crippen LogP contribution in [0.2, 0.25) is 0 Å². The maximum Gasteiger partial charge on any atom is 0.303 e. The fourth-order valence-corrected chi connectivity index (χ4v) is 2.86. The molecule has 0 radical (unpaired) electrons. The van der Waals surface area contributed by atoms with Crippen molar-refractivity contribution >= 4 is 27.4 Å². The first kappa shape index (κ1) is 16.3. The monoisotopic (exact) mass is 300 g/mol. The Morgan fingerprint density at radius 1 is 1.35 bits per heavy atom. The van der Waals surface area contributed by atoms with Crippen molar-refractivity contribution in [3.63, 3.8) is 0 Å². The summed E-state index contributed by atoms with van der Waals surface area (Å²) in [5.41, 5.74) is 2.32. The molecular formula is C13H20N2O4S. The van der Waals surface area contributed by atoms with Crippen LogP contribution in [0.3, 0.4) is 0 Å². The lowest BCUT2D eigenvalue weighted by molar-refractivity contribution is -0.137. The molecule has 112 valence electrons. The molecule has 20 heavy (non-hydrogen) atoms. The second-order valence-electron chi connectivity index (χ2n) is 4.81. The van der Waals surface area contributed by atoms with Gasteiger partial charge < -0.3 is 10.0 Å². The van der Waals surface area contributed by atoms with E-state index < -0.39 is 16.0 Å². The van der Waals surface area contributed by atoms with Gasteiger partial charge >= 0.3 is 5.97 Å². The number of rotatable bonds is 7. The summed E-state index contributed by atoms with van der Waals surface area (Å²) in [5, 5.41) is 8.51. The van der Waals surface area contributed by atoms with Gasteiger partial charge in [0.1, 0.15) is 0 Å². The van der Waals surface area contributed by atoms with Crippen molar-refractivity contribution in [3.05, 3.63) is 23.8 Å². The van der Waals surface area contributed by atoms with Gasteiger partial charge in [-0.15, -0.1) is 0 Å². The Labute approximate surface area is 119 Å². The number of nitrogens with one attached hydrogen (secondary N) is 1. The van der Waals surface area contributed by atoms with Crippen molar-refractivity contribution in [1.29, 1.82) is 0 Å². The molecule has 0 heterocycles. The maximum absolute atomic E-state index is 11.8. The van der Waals surface area contributed by atoms with Crippen LogP contribution in [0.25, 0.3) is 0 Å². The van der Waals surface area contributed by atoms with Crippen molar-refractivity contribution in [2.75, 3.05) is 29.5 Å². The van der Waals surface area contributed by atoms with E-state index in [-0.39, 0.29) is 18.6 Å². The number of carboxylic acid groups (broad SMARTS) is 1. The highest BCUT2D eigenvalue weighted by molar-refractivity contribution is 7.92. The predicted octanol–water partition coefficient (Wildman–Crippen LogP) is 1.67. The van der Waals surface area contributed by atoms with Gasteiger partial charge in [-0.2, -0.15) is 0 Å². The van der Waals surface area contributed by atoms with Crippen LogP contribution in [-0.4, -0.2) is 39.3 Å². The van der Waals surface area contributed by atoms with Gasteiger partial charge in [0.25, 0.3) is 0 Å². The lowest BCUT2D eigenvalue weighted by Gasteiger charge is -2.16. The van der Waals surface area contributed by atoms with E-state index in [1.54, 1.807) is 6.07 Å². The summed E-state index contributed by atoms with van der Waals surface area (Å²) >= 11 is 0. The molecule has 0 aliphatic rings. The zero-order chi connectivity index (χ0) is 15.3. The van der Waals surface area contributed by atoms with Gasteiger partial charge in [0.15, 0.2) is 0 Å². The molecule has 0 aliphatic heterocycles. The zero-order valence-corrected chi connectivity index (χ0v) is 12.7. The molecule has 0 aromatic heterocycles. The molecular weight excluding hydrogens is 280 g/mol. The van der Waals surface area contributed by atoms with Crippen molar-refractivity contribution in [1.82, 2.24) is 0 Å². The number of aryl methyl sites for hydroxylation is 1. The highest BCUT2D eigenvalue weighted by Crippen LogP contribution is 2.22. The minimum atomic E-state index is -3.51. The SMILES string of the molecule is Cc1cc(N(C)C)ccc1NS(=O)(=O)CCCC(=O)O.